The predicted octanol–water partition coefficient (Wildman–Crippen LogP) is 4.84. The van der Waals surface area contributed by atoms with Gasteiger partial charge in [-0.25, -0.2) is 13.9 Å². The molecule has 0 radical (unpaired) electrons. The summed E-state index contributed by atoms with van der Waals surface area (Å²) in [5, 5.41) is 25.7. The number of amides is 1. The first-order valence-electron chi connectivity index (χ1n) is 13.8. The van der Waals surface area contributed by atoms with E-state index in [0.29, 0.717) is 53.4 Å². The number of nitriles is 1. The Hall–Kier alpha value is -4.01. The van der Waals surface area contributed by atoms with Crippen LogP contribution in [-0.4, -0.2) is 69.3 Å². The molecule has 9 nitrogen and oxygen atoms in total. The molecule has 0 atom stereocenters. The van der Waals surface area contributed by atoms with Crippen LogP contribution >= 0.6 is 11.3 Å². The van der Waals surface area contributed by atoms with E-state index in [-0.39, 0.29) is 11.7 Å². The van der Waals surface area contributed by atoms with Gasteiger partial charge in [0.15, 0.2) is 5.13 Å². The van der Waals surface area contributed by atoms with Gasteiger partial charge in [0.25, 0.3) is 5.91 Å². The molecule has 1 aliphatic carbocycles. The first-order chi connectivity index (χ1) is 19.5. The van der Waals surface area contributed by atoms with E-state index in [9.17, 15) is 19.6 Å². The van der Waals surface area contributed by atoms with Gasteiger partial charge in [0, 0.05) is 56.1 Å². The number of nitrogens with zero attached hydrogens (tertiary/aromatic N) is 7. The van der Waals surface area contributed by atoms with Crippen molar-refractivity contribution in [3.8, 4) is 17.3 Å². The number of hydrogen-bond acceptors (Lipinski definition) is 8. The molecule has 2 fully saturated rings. The third-order valence-electron chi connectivity index (χ3n) is 7.77. The minimum Gasteiger partial charge on any atom is -0.381 e. The molecule has 0 bridgehead atoms. The quantitative estimate of drug-likeness (QED) is 0.352. The zero-order valence-corrected chi connectivity index (χ0v) is 24.4. The molecule has 11 heteroatoms. The molecular weight excluding hydrogens is 541 g/mol. The second-order valence-electron chi connectivity index (χ2n) is 11.4. The average Bonchev–Trinajstić information content (AvgIpc) is 3.59. The number of thiazole rings is 1. The van der Waals surface area contributed by atoms with Gasteiger partial charge in [-0.15, -0.1) is 0 Å². The molecule has 4 aromatic rings. The summed E-state index contributed by atoms with van der Waals surface area (Å²) < 4.78 is 15.5. The zero-order valence-electron chi connectivity index (χ0n) is 23.6. The summed E-state index contributed by atoms with van der Waals surface area (Å²) in [5.41, 5.74) is 4.84. The van der Waals surface area contributed by atoms with Crippen molar-refractivity contribution in [2.24, 2.45) is 0 Å². The van der Waals surface area contributed by atoms with Crippen LogP contribution in [0.4, 0.5) is 20.9 Å². The molecule has 6 rings (SSSR count). The number of hydrogen-bond donors (Lipinski definition) is 1. The van der Waals surface area contributed by atoms with Gasteiger partial charge in [0.2, 0.25) is 0 Å². The number of rotatable bonds is 6. The van der Waals surface area contributed by atoms with Crippen molar-refractivity contribution in [1.29, 1.82) is 5.26 Å². The van der Waals surface area contributed by atoms with Gasteiger partial charge < -0.3 is 19.8 Å². The van der Waals surface area contributed by atoms with Crippen molar-refractivity contribution >= 4 is 39.3 Å². The molecule has 1 aromatic carbocycles. The maximum atomic E-state index is 13.5. The first-order valence-corrected chi connectivity index (χ1v) is 14.6. The van der Waals surface area contributed by atoms with E-state index in [2.05, 4.69) is 23.1 Å². The van der Waals surface area contributed by atoms with Gasteiger partial charge in [0.05, 0.1) is 16.9 Å². The van der Waals surface area contributed by atoms with E-state index in [1.54, 1.807) is 17.0 Å². The number of piperazine rings is 1. The summed E-state index contributed by atoms with van der Waals surface area (Å²) >= 11 is 1.31. The molecule has 2 aliphatic rings. The Bertz CT molecular complexity index is 1670. The van der Waals surface area contributed by atoms with Crippen LogP contribution in [0.15, 0.2) is 36.4 Å². The van der Waals surface area contributed by atoms with Crippen LogP contribution in [0, 0.1) is 24.1 Å². The lowest BCUT2D eigenvalue weighted by Gasteiger charge is -2.38. The lowest BCUT2D eigenvalue weighted by Crippen LogP contribution is -2.54. The summed E-state index contributed by atoms with van der Waals surface area (Å²) in [4.78, 5) is 23.9. The van der Waals surface area contributed by atoms with Crippen LogP contribution in [0.2, 0.25) is 0 Å². The number of carbonyl (C=O) groups is 1. The minimum absolute atomic E-state index is 0.252. The number of fused-ring (bicyclic) bond motifs is 1. The van der Waals surface area contributed by atoms with Crippen molar-refractivity contribution in [3.05, 3.63) is 58.5 Å². The SMILES string of the molecule is Cc1cc(N2CCN(C(=O)C(C)(C)O)CC2)cc2c(N(C)c3nc(-c4ccc(F)cc4)c(C#N)s3)c(C3CC3)nn12. The lowest BCUT2D eigenvalue weighted by atomic mass is 10.1. The summed E-state index contributed by atoms with van der Waals surface area (Å²) in [6, 6.07) is 12.6. The van der Waals surface area contributed by atoms with Crippen LogP contribution in [0.1, 0.15) is 48.9 Å². The average molecular weight is 574 g/mol. The molecule has 1 saturated carbocycles. The number of benzene rings is 1. The molecule has 1 saturated heterocycles. The Labute approximate surface area is 242 Å². The van der Waals surface area contributed by atoms with E-state index in [4.69, 9.17) is 10.1 Å². The molecular formula is C30H32FN7O2S. The predicted molar refractivity (Wildman–Crippen MR) is 157 cm³/mol. The largest absolute Gasteiger partial charge is 0.381 e. The van der Waals surface area contributed by atoms with Gasteiger partial charge in [-0.05, 0) is 70.0 Å². The van der Waals surface area contributed by atoms with Gasteiger partial charge in [-0.3, -0.25) is 4.79 Å². The molecule has 4 heterocycles. The Morgan fingerprint density at radius 3 is 2.46 bits per heavy atom. The van der Waals surface area contributed by atoms with Crippen molar-refractivity contribution < 1.29 is 14.3 Å². The van der Waals surface area contributed by atoms with Gasteiger partial charge in [-0.2, -0.15) is 10.4 Å². The van der Waals surface area contributed by atoms with Crippen molar-refractivity contribution in [3.63, 3.8) is 0 Å². The summed E-state index contributed by atoms with van der Waals surface area (Å²) in [6.45, 7) is 7.49. The first kappa shape index (κ1) is 27.2. The molecule has 41 heavy (non-hydrogen) atoms. The van der Waals surface area contributed by atoms with E-state index in [1.807, 2.05) is 23.4 Å². The Morgan fingerprint density at radius 2 is 1.85 bits per heavy atom. The number of aryl methyl sites for hydroxylation is 1. The van der Waals surface area contributed by atoms with Gasteiger partial charge in [-0.1, -0.05) is 11.3 Å². The van der Waals surface area contributed by atoms with Gasteiger partial charge >= 0.3 is 0 Å². The fourth-order valence-corrected chi connectivity index (χ4v) is 6.29. The maximum Gasteiger partial charge on any atom is 0.254 e. The highest BCUT2D eigenvalue weighted by Gasteiger charge is 2.35. The molecule has 3 aromatic heterocycles. The summed E-state index contributed by atoms with van der Waals surface area (Å²) in [6.07, 6.45) is 2.16. The third-order valence-corrected chi connectivity index (χ3v) is 8.81. The molecule has 1 amide bonds. The lowest BCUT2D eigenvalue weighted by molar-refractivity contribution is -0.148. The molecule has 0 spiro atoms. The van der Waals surface area contributed by atoms with E-state index in [0.717, 1.165) is 41.1 Å². The van der Waals surface area contributed by atoms with Crippen LogP contribution in [-0.2, 0) is 4.79 Å². The fourth-order valence-electron chi connectivity index (χ4n) is 5.44. The number of halogens is 1. The number of aliphatic hydroxyl groups is 1. The topological polar surface area (TPSA) is 101 Å². The fraction of sp³-hybridized carbons (Fsp3) is 0.400. The number of pyridine rings is 1. The number of anilines is 3. The van der Waals surface area contributed by atoms with Crippen molar-refractivity contribution in [1.82, 2.24) is 19.5 Å². The highest BCUT2D eigenvalue weighted by molar-refractivity contribution is 7.16. The normalized spacial score (nSPS) is 15.8. The van der Waals surface area contributed by atoms with Crippen molar-refractivity contribution in [2.45, 2.75) is 45.1 Å². The van der Waals surface area contributed by atoms with Crippen molar-refractivity contribution in [2.75, 3.05) is 43.0 Å². The highest BCUT2D eigenvalue weighted by atomic mass is 32.1. The third kappa shape index (κ3) is 5.02. The Kier molecular flexibility index (Phi) is 6.71. The monoisotopic (exact) mass is 573 g/mol. The molecule has 0 unspecified atom stereocenters. The van der Waals surface area contributed by atoms with E-state index >= 15 is 0 Å². The zero-order chi connectivity index (χ0) is 29.1. The van der Waals surface area contributed by atoms with E-state index < -0.39 is 5.60 Å². The second kappa shape index (κ2) is 10.1. The molecule has 1 aliphatic heterocycles. The minimum atomic E-state index is -1.38. The van der Waals surface area contributed by atoms with Crippen LogP contribution in [0.3, 0.4) is 0 Å². The Morgan fingerprint density at radius 1 is 1.17 bits per heavy atom. The maximum absolute atomic E-state index is 13.5. The van der Waals surface area contributed by atoms with Crippen LogP contribution in [0.25, 0.3) is 16.8 Å². The summed E-state index contributed by atoms with van der Waals surface area (Å²) in [7, 11) is 1.96. The van der Waals surface area contributed by atoms with Gasteiger partial charge in [0.1, 0.15) is 28.1 Å². The summed E-state index contributed by atoms with van der Waals surface area (Å²) in [5.74, 6) is -0.215. The second-order valence-corrected chi connectivity index (χ2v) is 12.3. The Balaban J connectivity index is 1.37. The van der Waals surface area contributed by atoms with Crippen LogP contribution in [0.5, 0.6) is 0 Å². The van der Waals surface area contributed by atoms with E-state index in [1.165, 1.54) is 37.3 Å². The molecule has 1 N–H and O–H groups in total. The van der Waals surface area contributed by atoms with Crippen LogP contribution < -0.4 is 9.80 Å². The standard InChI is InChI=1S/C30H32FN7O2S/c1-18-15-22(36-11-13-37(14-12-36)28(39)30(2,3)40)16-23-27(26(20-5-6-20)34-38(18)23)35(4)29-33-25(24(17-32)41-29)19-7-9-21(31)10-8-19/h7-10,15-16,20,40H,5-6,11-14H2,1-4H3. The molecule has 212 valence electrons. The number of aromatic nitrogens is 3. The number of carbonyl (C=O) groups excluding carboxylic acids is 1. The smallest absolute Gasteiger partial charge is 0.254 e. The highest BCUT2D eigenvalue weighted by Crippen LogP contribution is 2.48.